The van der Waals surface area contributed by atoms with Crippen molar-refractivity contribution in [2.24, 2.45) is 16.0 Å². The van der Waals surface area contributed by atoms with Crippen LogP contribution in [0.5, 0.6) is 0 Å². The highest BCUT2D eigenvalue weighted by atomic mass is 32.2. The first-order chi connectivity index (χ1) is 8.77. The van der Waals surface area contributed by atoms with Gasteiger partial charge in [0.05, 0.1) is 11.6 Å². The van der Waals surface area contributed by atoms with Gasteiger partial charge in [0.15, 0.2) is 5.50 Å². The number of azo groups is 1. The van der Waals surface area contributed by atoms with Crippen molar-refractivity contribution >= 4 is 11.8 Å². The van der Waals surface area contributed by atoms with Gasteiger partial charge in [-0.3, -0.25) is 0 Å². The molecule has 1 aliphatic heterocycles. The van der Waals surface area contributed by atoms with Crippen molar-refractivity contribution in [3.8, 4) is 0 Å². The molecule has 1 heterocycles. The molecule has 1 unspecified atom stereocenters. The molecular formula is C13H26N4S. The maximum absolute atomic E-state index is 5.85. The van der Waals surface area contributed by atoms with E-state index in [0.717, 1.165) is 24.5 Å². The Kier molecular flexibility index (Phi) is 7.89. The largest absolute Gasteiger partial charge is 0.392 e. The summed E-state index contributed by atoms with van der Waals surface area (Å²) in [6, 6.07) is 0. The molecule has 5 heteroatoms. The Hall–Kier alpha value is -0.710. The van der Waals surface area contributed by atoms with E-state index in [0.29, 0.717) is 0 Å². The van der Waals surface area contributed by atoms with Crippen LogP contribution in [0.1, 0.15) is 52.4 Å². The predicted molar refractivity (Wildman–Crippen MR) is 79.1 cm³/mol. The summed E-state index contributed by atoms with van der Waals surface area (Å²) in [5, 5.41) is 9.52. The maximum Gasteiger partial charge on any atom is 0.194 e. The summed E-state index contributed by atoms with van der Waals surface area (Å²) >= 11 is 1.60. The van der Waals surface area contributed by atoms with Gasteiger partial charge in [0.1, 0.15) is 0 Å². The molecule has 2 N–H and O–H groups in total. The predicted octanol–water partition coefficient (Wildman–Crippen LogP) is 3.91. The number of thioether (sulfide) groups is 1. The summed E-state index contributed by atoms with van der Waals surface area (Å²) in [5.74, 6) is 0. The SMILES string of the molecule is CCCCCN=NC1SC(N)=CN1CCCCC. The Labute approximate surface area is 115 Å². The van der Waals surface area contributed by atoms with Crippen LogP contribution in [0.4, 0.5) is 0 Å². The van der Waals surface area contributed by atoms with Crippen molar-refractivity contribution in [2.45, 2.75) is 57.9 Å². The molecule has 0 fully saturated rings. The lowest BCUT2D eigenvalue weighted by Gasteiger charge is -2.19. The van der Waals surface area contributed by atoms with Crippen LogP contribution in [-0.4, -0.2) is 23.5 Å². The van der Waals surface area contributed by atoms with E-state index >= 15 is 0 Å². The second-order valence-electron chi connectivity index (χ2n) is 4.61. The highest BCUT2D eigenvalue weighted by molar-refractivity contribution is 8.03. The van der Waals surface area contributed by atoms with Crippen LogP contribution in [0.3, 0.4) is 0 Å². The van der Waals surface area contributed by atoms with E-state index in [1.807, 2.05) is 6.20 Å². The second kappa shape index (κ2) is 9.25. The Morgan fingerprint density at radius 3 is 2.67 bits per heavy atom. The Bertz CT molecular complexity index is 278. The maximum atomic E-state index is 5.85. The monoisotopic (exact) mass is 270 g/mol. The van der Waals surface area contributed by atoms with Crippen molar-refractivity contribution in [3.63, 3.8) is 0 Å². The summed E-state index contributed by atoms with van der Waals surface area (Å²) in [6.45, 7) is 6.28. The molecule has 1 rings (SSSR count). The fourth-order valence-corrected chi connectivity index (χ4v) is 2.67. The van der Waals surface area contributed by atoms with Gasteiger partial charge in [0.2, 0.25) is 0 Å². The first-order valence-electron chi connectivity index (χ1n) is 7.04. The third-order valence-corrected chi connectivity index (χ3v) is 3.83. The minimum absolute atomic E-state index is 0.0727. The number of hydrogen-bond donors (Lipinski definition) is 1. The van der Waals surface area contributed by atoms with Gasteiger partial charge >= 0.3 is 0 Å². The molecule has 0 aromatic rings. The number of rotatable bonds is 9. The second-order valence-corrected chi connectivity index (χ2v) is 5.74. The average Bonchev–Trinajstić information content (AvgIpc) is 2.70. The molecular weight excluding hydrogens is 244 g/mol. The Morgan fingerprint density at radius 1 is 1.22 bits per heavy atom. The topological polar surface area (TPSA) is 54.0 Å². The molecule has 0 bridgehead atoms. The van der Waals surface area contributed by atoms with Gasteiger partial charge < -0.3 is 10.6 Å². The molecule has 0 radical (unpaired) electrons. The van der Waals surface area contributed by atoms with Gasteiger partial charge in [-0.2, -0.15) is 10.2 Å². The van der Waals surface area contributed by atoms with Crippen molar-refractivity contribution in [3.05, 3.63) is 11.2 Å². The molecule has 1 aliphatic rings. The number of nitrogens with zero attached hydrogens (tertiary/aromatic N) is 3. The van der Waals surface area contributed by atoms with E-state index in [4.69, 9.17) is 5.73 Å². The molecule has 18 heavy (non-hydrogen) atoms. The van der Waals surface area contributed by atoms with Crippen LogP contribution in [0.2, 0.25) is 0 Å². The number of unbranched alkanes of at least 4 members (excludes halogenated alkanes) is 4. The zero-order valence-electron chi connectivity index (χ0n) is 11.6. The van der Waals surface area contributed by atoms with Crippen LogP contribution in [0.15, 0.2) is 21.5 Å². The Balaban J connectivity index is 2.29. The number of hydrogen-bond acceptors (Lipinski definition) is 5. The van der Waals surface area contributed by atoms with E-state index in [1.54, 1.807) is 11.8 Å². The van der Waals surface area contributed by atoms with Crippen molar-refractivity contribution in [2.75, 3.05) is 13.1 Å². The van der Waals surface area contributed by atoms with E-state index in [9.17, 15) is 0 Å². The third kappa shape index (κ3) is 5.76. The van der Waals surface area contributed by atoms with Gasteiger partial charge in [0, 0.05) is 12.7 Å². The van der Waals surface area contributed by atoms with Gasteiger partial charge in [0.25, 0.3) is 0 Å². The minimum atomic E-state index is 0.0727. The summed E-state index contributed by atoms with van der Waals surface area (Å²) in [6.07, 6.45) is 9.30. The van der Waals surface area contributed by atoms with Crippen LogP contribution < -0.4 is 5.73 Å². The lowest BCUT2D eigenvalue weighted by Crippen LogP contribution is -2.23. The molecule has 0 saturated heterocycles. The number of nitrogens with two attached hydrogens (primary N) is 1. The molecule has 0 saturated carbocycles. The molecule has 0 aromatic heterocycles. The third-order valence-electron chi connectivity index (χ3n) is 2.88. The average molecular weight is 270 g/mol. The van der Waals surface area contributed by atoms with Crippen molar-refractivity contribution in [1.82, 2.24) is 4.90 Å². The van der Waals surface area contributed by atoms with Gasteiger partial charge in [-0.1, -0.05) is 51.3 Å². The minimum Gasteiger partial charge on any atom is -0.392 e. The smallest absolute Gasteiger partial charge is 0.194 e. The standard InChI is InChI=1S/C13H26N4S/c1-3-5-7-9-15-16-13-17(10-8-6-4-2)11-12(14)18-13/h11,13H,3-10,14H2,1-2H3. The van der Waals surface area contributed by atoms with Gasteiger partial charge in [-0.15, -0.1) is 0 Å². The molecule has 0 amide bonds. The summed E-state index contributed by atoms with van der Waals surface area (Å²) in [5.41, 5.74) is 5.93. The Morgan fingerprint density at radius 2 is 1.94 bits per heavy atom. The highest BCUT2D eigenvalue weighted by Gasteiger charge is 2.22. The first-order valence-corrected chi connectivity index (χ1v) is 7.92. The van der Waals surface area contributed by atoms with Crippen LogP contribution in [0, 0.1) is 0 Å². The van der Waals surface area contributed by atoms with Crippen LogP contribution in [-0.2, 0) is 0 Å². The summed E-state index contributed by atoms with van der Waals surface area (Å²) < 4.78 is 0. The van der Waals surface area contributed by atoms with Gasteiger partial charge in [-0.25, -0.2) is 0 Å². The zero-order chi connectivity index (χ0) is 13.2. The fourth-order valence-electron chi connectivity index (χ4n) is 1.82. The normalized spacial score (nSPS) is 19.8. The lowest BCUT2D eigenvalue weighted by molar-refractivity contribution is 0.347. The highest BCUT2D eigenvalue weighted by Crippen LogP contribution is 2.30. The van der Waals surface area contributed by atoms with Gasteiger partial charge in [-0.05, 0) is 12.8 Å². The van der Waals surface area contributed by atoms with Crippen LogP contribution >= 0.6 is 11.8 Å². The van der Waals surface area contributed by atoms with E-state index in [2.05, 4.69) is 29.0 Å². The van der Waals surface area contributed by atoms with E-state index < -0.39 is 0 Å². The molecule has 0 aromatic carbocycles. The quantitative estimate of drug-likeness (QED) is 0.510. The van der Waals surface area contributed by atoms with E-state index in [-0.39, 0.29) is 5.50 Å². The van der Waals surface area contributed by atoms with Crippen molar-refractivity contribution < 1.29 is 0 Å². The molecule has 0 aliphatic carbocycles. The summed E-state index contributed by atoms with van der Waals surface area (Å²) in [7, 11) is 0. The molecule has 0 spiro atoms. The summed E-state index contributed by atoms with van der Waals surface area (Å²) in [4.78, 5) is 2.21. The van der Waals surface area contributed by atoms with E-state index in [1.165, 1.54) is 32.1 Å². The molecule has 104 valence electrons. The zero-order valence-corrected chi connectivity index (χ0v) is 12.5. The van der Waals surface area contributed by atoms with Crippen molar-refractivity contribution in [1.29, 1.82) is 0 Å². The molecule has 1 atom stereocenters. The first kappa shape index (κ1) is 15.3. The lowest BCUT2D eigenvalue weighted by atomic mass is 10.2. The fraction of sp³-hybridized carbons (Fsp3) is 0.846. The molecule has 4 nitrogen and oxygen atoms in total. The van der Waals surface area contributed by atoms with Crippen LogP contribution in [0.25, 0.3) is 0 Å².